The second-order valence-corrected chi connectivity index (χ2v) is 5.64. The van der Waals surface area contributed by atoms with Crippen molar-refractivity contribution >= 4 is 15.9 Å². The minimum Gasteiger partial charge on any atom is -0.494 e. The fourth-order valence-electron chi connectivity index (χ4n) is 2.19. The molecule has 0 amide bonds. The molecule has 0 aliphatic rings. The SMILES string of the molecule is CCOc1ccc(C(Br)c2ccc(C)cc2C)cc1. The Morgan fingerprint density at radius 2 is 1.74 bits per heavy atom. The largest absolute Gasteiger partial charge is 0.494 e. The average Bonchev–Trinajstić information content (AvgIpc) is 2.39. The van der Waals surface area contributed by atoms with Crippen LogP contribution in [0.15, 0.2) is 42.5 Å². The third-order valence-corrected chi connectivity index (χ3v) is 4.20. The van der Waals surface area contributed by atoms with Gasteiger partial charge >= 0.3 is 0 Å². The molecule has 1 nitrogen and oxygen atoms in total. The van der Waals surface area contributed by atoms with E-state index in [1.807, 2.05) is 19.1 Å². The second-order valence-electron chi connectivity index (χ2n) is 4.72. The number of benzene rings is 2. The predicted molar refractivity (Wildman–Crippen MR) is 84.3 cm³/mol. The van der Waals surface area contributed by atoms with Crippen LogP contribution in [0.4, 0.5) is 0 Å². The number of aryl methyl sites for hydroxylation is 2. The summed E-state index contributed by atoms with van der Waals surface area (Å²) in [6.45, 7) is 6.98. The van der Waals surface area contributed by atoms with Crippen LogP contribution in [0.1, 0.15) is 34.0 Å². The Morgan fingerprint density at radius 3 is 2.32 bits per heavy atom. The van der Waals surface area contributed by atoms with E-state index in [1.54, 1.807) is 0 Å². The lowest BCUT2D eigenvalue weighted by molar-refractivity contribution is 0.340. The standard InChI is InChI=1S/C17H19BrO/c1-4-19-15-8-6-14(7-9-15)17(18)16-10-5-12(2)11-13(16)3/h5-11,17H,4H2,1-3H3. The molecule has 2 heteroatoms. The molecule has 2 rings (SSSR count). The molecule has 1 atom stereocenters. The molecule has 0 fully saturated rings. The molecule has 0 aliphatic heterocycles. The second kappa shape index (κ2) is 6.25. The van der Waals surface area contributed by atoms with Gasteiger partial charge in [-0.1, -0.05) is 51.8 Å². The van der Waals surface area contributed by atoms with E-state index in [0.717, 1.165) is 5.75 Å². The van der Waals surface area contributed by atoms with Crippen LogP contribution in [0.5, 0.6) is 5.75 Å². The third-order valence-electron chi connectivity index (χ3n) is 3.18. The molecular formula is C17H19BrO. The van der Waals surface area contributed by atoms with Crippen molar-refractivity contribution in [2.75, 3.05) is 6.61 Å². The number of hydrogen-bond donors (Lipinski definition) is 0. The lowest BCUT2D eigenvalue weighted by atomic mass is 9.99. The molecule has 2 aromatic carbocycles. The molecule has 0 radical (unpaired) electrons. The molecule has 0 heterocycles. The molecule has 2 aromatic rings. The minimum atomic E-state index is 0.226. The molecule has 0 N–H and O–H groups in total. The summed E-state index contributed by atoms with van der Waals surface area (Å²) in [4.78, 5) is 0.226. The van der Waals surface area contributed by atoms with Crippen molar-refractivity contribution in [3.05, 3.63) is 64.7 Å². The maximum absolute atomic E-state index is 5.47. The number of rotatable bonds is 4. The number of halogens is 1. The first-order chi connectivity index (χ1) is 9.11. The van der Waals surface area contributed by atoms with Crippen molar-refractivity contribution in [3.8, 4) is 5.75 Å². The van der Waals surface area contributed by atoms with E-state index in [4.69, 9.17) is 4.74 Å². The molecule has 0 aliphatic carbocycles. The smallest absolute Gasteiger partial charge is 0.119 e. The lowest BCUT2D eigenvalue weighted by Crippen LogP contribution is -1.97. The summed E-state index contributed by atoms with van der Waals surface area (Å²) in [6, 6.07) is 14.9. The fraction of sp³-hybridized carbons (Fsp3) is 0.294. The first kappa shape index (κ1) is 14.1. The summed E-state index contributed by atoms with van der Waals surface area (Å²) >= 11 is 3.79. The van der Waals surface area contributed by atoms with Crippen molar-refractivity contribution in [2.45, 2.75) is 25.6 Å². The van der Waals surface area contributed by atoms with E-state index >= 15 is 0 Å². The van der Waals surface area contributed by atoms with Crippen LogP contribution in [0.2, 0.25) is 0 Å². The van der Waals surface area contributed by atoms with Gasteiger partial charge in [0.25, 0.3) is 0 Å². The van der Waals surface area contributed by atoms with Crippen LogP contribution in [0, 0.1) is 13.8 Å². The summed E-state index contributed by atoms with van der Waals surface area (Å²) in [5, 5.41) is 0. The lowest BCUT2D eigenvalue weighted by Gasteiger charge is -2.15. The zero-order chi connectivity index (χ0) is 13.8. The summed E-state index contributed by atoms with van der Waals surface area (Å²) in [5.74, 6) is 0.923. The predicted octanol–water partition coefficient (Wildman–Crippen LogP) is 5.19. The van der Waals surface area contributed by atoms with Gasteiger partial charge in [0.05, 0.1) is 11.4 Å². The highest BCUT2D eigenvalue weighted by atomic mass is 79.9. The van der Waals surface area contributed by atoms with Gasteiger partial charge in [-0.15, -0.1) is 0 Å². The molecule has 19 heavy (non-hydrogen) atoms. The van der Waals surface area contributed by atoms with Crippen molar-refractivity contribution in [3.63, 3.8) is 0 Å². The van der Waals surface area contributed by atoms with Gasteiger partial charge in [0, 0.05) is 0 Å². The van der Waals surface area contributed by atoms with E-state index in [0.29, 0.717) is 6.61 Å². The normalized spacial score (nSPS) is 12.2. The Hall–Kier alpha value is -1.28. The van der Waals surface area contributed by atoms with Gasteiger partial charge in [-0.25, -0.2) is 0 Å². The monoisotopic (exact) mass is 318 g/mol. The van der Waals surface area contributed by atoms with Gasteiger partial charge in [-0.3, -0.25) is 0 Å². The Labute approximate surface area is 123 Å². The van der Waals surface area contributed by atoms with Crippen LogP contribution in [0.25, 0.3) is 0 Å². The van der Waals surface area contributed by atoms with Crippen molar-refractivity contribution < 1.29 is 4.74 Å². The molecule has 0 aromatic heterocycles. The number of hydrogen-bond acceptors (Lipinski definition) is 1. The molecule has 0 bridgehead atoms. The Bertz CT molecular complexity index is 546. The van der Waals surface area contributed by atoms with Crippen LogP contribution < -0.4 is 4.74 Å². The first-order valence-corrected chi connectivity index (χ1v) is 7.47. The summed E-state index contributed by atoms with van der Waals surface area (Å²) in [5.41, 5.74) is 5.17. The Balaban J connectivity index is 2.25. The third kappa shape index (κ3) is 3.38. The van der Waals surface area contributed by atoms with Crippen LogP contribution >= 0.6 is 15.9 Å². The molecule has 0 saturated carbocycles. The summed E-state index contributed by atoms with van der Waals surface area (Å²) < 4.78 is 5.47. The highest BCUT2D eigenvalue weighted by molar-refractivity contribution is 9.09. The van der Waals surface area contributed by atoms with E-state index in [1.165, 1.54) is 22.3 Å². The Kier molecular flexibility index (Phi) is 4.65. The van der Waals surface area contributed by atoms with E-state index in [2.05, 4.69) is 60.1 Å². The summed E-state index contributed by atoms with van der Waals surface area (Å²) in [6.07, 6.45) is 0. The van der Waals surface area contributed by atoms with Crippen LogP contribution in [0.3, 0.4) is 0 Å². The van der Waals surface area contributed by atoms with Gasteiger partial charge in [0.2, 0.25) is 0 Å². The van der Waals surface area contributed by atoms with Gasteiger partial charge in [0.1, 0.15) is 5.75 Å². The fourth-order valence-corrected chi connectivity index (χ4v) is 3.01. The minimum absolute atomic E-state index is 0.226. The quantitative estimate of drug-likeness (QED) is 0.705. The van der Waals surface area contributed by atoms with E-state index in [-0.39, 0.29) is 4.83 Å². The number of ether oxygens (including phenoxy) is 1. The van der Waals surface area contributed by atoms with Gasteiger partial charge in [0.15, 0.2) is 0 Å². The molecule has 0 saturated heterocycles. The highest BCUT2D eigenvalue weighted by Crippen LogP contribution is 2.33. The molecule has 1 unspecified atom stereocenters. The van der Waals surface area contributed by atoms with Gasteiger partial charge < -0.3 is 4.74 Å². The highest BCUT2D eigenvalue weighted by Gasteiger charge is 2.12. The summed E-state index contributed by atoms with van der Waals surface area (Å²) in [7, 11) is 0. The van der Waals surface area contributed by atoms with Crippen LogP contribution in [-0.4, -0.2) is 6.61 Å². The molecule has 100 valence electrons. The number of alkyl halides is 1. The zero-order valence-electron chi connectivity index (χ0n) is 11.6. The maximum Gasteiger partial charge on any atom is 0.119 e. The topological polar surface area (TPSA) is 9.23 Å². The van der Waals surface area contributed by atoms with Crippen molar-refractivity contribution in [1.29, 1.82) is 0 Å². The average molecular weight is 319 g/mol. The van der Waals surface area contributed by atoms with Crippen LogP contribution in [-0.2, 0) is 0 Å². The maximum atomic E-state index is 5.47. The van der Waals surface area contributed by atoms with Gasteiger partial charge in [-0.2, -0.15) is 0 Å². The van der Waals surface area contributed by atoms with E-state index in [9.17, 15) is 0 Å². The first-order valence-electron chi connectivity index (χ1n) is 6.55. The zero-order valence-corrected chi connectivity index (χ0v) is 13.2. The molecule has 0 spiro atoms. The van der Waals surface area contributed by atoms with E-state index < -0.39 is 0 Å². The van der Waals surface area contributed by atoms with Crippen molar-refractivity contribution in [1.82, 2.24) is 0 Å². The van der Waals surface area contributed by atoms with Crippen molar-refractivity contribution in [2.24, 2.45) is 0 Å². The Morgan fingerprint density at radius 1 is 1.05 bits per heavy atom. The van der Waals surface area contributed by atoms with Gasteiger partial charge in [-0.05, 0) is 49.6 Å². The molecular weight excluding hydrogens is 300 g/mol.